The Balaban J connectivity index is 0.00000196. The summed E-state index contributed by atoms with van der Waals surface area (Å²) in [6, 6.07) is 7.09. The Morgan fingerprint density at radius 2 is 1.65 bits per heavy atom. The van der Waals surface area contributed by atoms with Crippen molar-refractivity contribution >= 4 is 23.7 Å². The van der Waals surface area contributed by atoms with Gasteiger partial charge in [-0.1, -0.05) is 39.8 Å². The Bertz CT molecular complexity index is 772. The van der Waals surface area contributed by atoms with Crippen molar-refractivity contribution in [2.75, 3.05) is 13.1 Å². The molecule has 2 aliphatic rings. The lowest BCUT2D eigenvalue weighted by Crippen LogP contribution is -2.33. The highest BCUT2D eigenvalue weighted by atomic mass is 35.5. The highest BCUT2D eigenvalue weighted by Crippen LogP contribution is 2.46. The molecule has 0 radical (unpaired) electrons. The van der Waals surface area contributed by atoms with E-state index in [0.29, 0.717) is 5.92 Å². The summed E-state index contributed by atoms with van der Waals surface area (Å²) >= 11 is 1.85. The van der Waals surface area contributed by atoms with Crippen LogP contribution in [0.3, 0.4) is 0 Å². The highest BCUT2D eigenvalue weighted by Gasteiger charge is 2.37. The van der Waals surface area contributed by atoms with E-state index >= 15 is 0 Å². The smallest absolute Gasteiger partial charge is 0.0964 e. The highest BCUT2D eigenvalue weighted by molar-refractivity contribution is 7.10. The minimum atomic E-state index is 0. The van der Waals surface area contributed by atoms with E-state index in [0.717, 1.165) is 13.1 Å². The molecule has 0 saturated carbocycles. The van der Waals surface area contributed by atoms with Crippen molar-refractivity contribution in [3.63, 3.8) is 0 Å². The van der Waals surface area contributed by atoms with Crippen molar-refractivity contribution in [3.8, 4) is 11.3 Å². The number of nitrogens with zero attached hydrogens (tertiary/aromatic N) is 1. The number of hydrogen-bond acceptors (Lipinski definition) is 3. The summed E-state index contributed by atoms with van der Waals surface area (Å²) in [5.74, 6) is 0.646. The molecule has 2 aromatic rings. The summed E-state index contributed by atoms with van der Waals surface area (Å²) in [5.41, 5.74) is 6.06. The summed E-state index contributed by atoms with van der Waals surface area (Å²) in [6.07, 6.45) is 4.97. The number of thiazole rings is 1. The molecule has 1 saturated heterocycles. The van der Waals surface area contributed by atoms with Crippen LogP contribution in [0.1, 0.15) is 75.4 Å². The van der Waals surface area contributed by atoms with Gasteiger partial charge in [0.25, 0.3) is 0 Å². The van der Waals surface area contributed by atoms with Gasteiger partial charge in [-0.25, -0.2) is 4.98 Å². The lowest BCUT2D eigenvalue weighted by atomic mass is 9.63. The third kappa shape index (κ3) is 3.58. The van der Waals surface area contributed by atoms with Crippen molar-refractivity contribution in [1.29, 1.82) is 0 Å². The van der Waals surface area contributed by atoms with Crippen LogP contribution in [0.4, 0.5) is 0 Å². The molecule has 1 fully saturated rings. The molecule has 0 bridgehead atoms. The Morgan fingerprint density at radius 1 is 1.00 bits per heavy atom. The predicted molar refractivity (Wildman–Crippen MR) is 115 cm³/mol. The Kier molecular flexibility index (Phi) is 5.54. The zero-order valence-electron chi connectivity index (χ0n) is 16.4. The minimum Gasteiger partial charge on any atom is -0.317 e. The molecule has 2 heterocycles. The maximum atomic E-state index is 5.03. The fraction of sp³-hybridized carbons (Fsp3) is 0.591. The van der Waals surface area contributed by atoms with Gasteiger partial charge in [0.2, 0.25) is 0 Å². The quantitative estimate of drug-likeness (QED) is 0.675. The Labute approximate surface area is 168 Å². The number of piperidine rings is 1. The van der Waals surface area contributed by atoms with Gasteiger partial charge in [0.05, 0.1) is 10.7 Å². The molecule has 0 spiro atoms. The van der Waals surface area contributed by atoms with Gasteiger partial charge in [-0.05, 0) is 66.8 Å². The van der Waals surface area contributed by atoms with Crippen LogP contribution in [0.2, 0.25) is 0 Å². The van der Waals surface area contributed by atoms with Gasteiger partial charge in [0, 0.05) is 16.9 Å². The maximum Gasteiger partial charge on any atom is 0.0964 e. The van der Waals surface area contributed by atoms with Crippen molar-refractivity contribution in [3.05, 3.63) is 39.7 Å². The van der Waals surface area contributed by atoms with Gasteiger partial charge >= 0.3 is 0 Å². The predicted octanol–water partition coefficient (Wildman–Crippen LogP) is 6.05. The zero-order chi connectivity index (χ0) is 17.7. The first-order valence-corrected chi connectivity index (χ1v) is 10.6. The standard InChI is InChI=1S/C22H30N2S.ClH/c1-21(2)9-10-22(3,4)18-13-16(5-6-17(18)21)19-14-25-20(24-19)15-7-11-23-12-8-15;/h5-6,13-15,23H,7-12H2,1-4H3;1H. The summed E-state index contributed by atoms with van der Waals surface area (Å²) in [6.45, 7) is 11.8. The lowest BCUT2D eigenvalue weighted by Gasteiger charge is -2.42. The summed E-state index contributed by atoms with van der Waals surface area (Å²) in [4.78, 5) is 5.03. The molecule has 1 aliphatic heterocycles. The van der Waals surface area contributed by atoms with Gasteiger partial charge in [-0.15, -0.1) is 23.7 Å². The van der Waals surface area contributed by atoms with Crippen molar-refractivity contribution in [2.45, 2.75) is 70.1 Å². The third-order valence-electron chi connectivity index (χ3n) is 6.36. The van der Waals surface area contributed by atoms with Crippen molar-refractivity contribution in [1.82, 2.24) is 10.3 Å². The second kappa shape index (κ2) is 7.26. The van der Waals surface area contributed by atoms with Crippen LogP contribution in [0.15, 0.2) is 23.6 Å². The second-order valence-electron chi connectivity index (χ2n) is 9.12. The average Bonchev–Trinajstić information content (AvgIpc) is 3.10. The van der Waals surface area contributed by atoms with Gasteiger partial charge in [-0.3, -0.25) is 0 Å². The van der Waals surface area contributed by atoms with Gasteiger partial charge < -0.3 is 5.32 Å². The molecule has 4 rings (SSSR count). The molecule has 4 heteroatoms. The first-order chi connectivity index (χ1) is 11.9. The molecule has 1 aromatic carbocycles. The maximum absolute atomic E-state index is 5.03. The number of fused-ring (bicyclic) bond motifs is 1. The largest absolute Gasteiger partial charge is 0.317 e. The Hall–Kier alpha value is -0.900. The van der Waals surface area contributed by atoms with Crippen LogP contribution in [-0.2, 0) is 10.8 Å². The SMILES string of the molecule is CC1(C)CCC(C)(C)c2cc(-c3csc(C4CCNCC4)n3)ccc21.Cl. The van der Waals surface area contributed by atoms with Gasteiger partial charge in [0.1, 0.15) is 0 Å². The first kappa shape index (κ1) is 19.9. The molecule has 1 aliphatic carbocycles. The average molecular weight is 391 g/mol. The van der Waals surface area contributed by atoms with E-state index in [1.807, 2.05) is 11.3 Å². The molecule has 0 atom stereocenters. The minimum absolute atomic E-state index is 0. The van der Waals surface area contributed by atoms with E-state index in [9.17, 15) is 0 Å². The molecule has 1 N–H and O–H groups in total. The van der Waals surface area contributed by atoms with Crippen LogP contribution in [0.5, 0.6) is 0 Å². The van der Waals surface area contributed by atoms with Crippen molar-refractivity contribution < 1.29 is 0 Å². The number of halogens is 1. The summed E-state index contributed by atoms with van der Waals surface area (Å²) < 4.78 is 0. The van der Waals surface area contributed by atoms with Crippen molar-refractivity contribution in [2.24, 2.45) is 0 Å². The number of benzene rings is 1. The molecule has 2 nitrogen and oxygen atoms in total. The molecule has 1 aromatic heterocycles. The topological polar surface area (TPSA) is 24.9 Å². The molecular weight excluding hydrogens is 360 g/mol. The van der Waals surface area contributed by atoms with Crippen LogP contribution in [0.25, 0.3) is 11.3 Å². The molecule has 0 amide bonds. The van der Waals surface area contributed by atoms with E-state index in [2.05, 4.69) is 56.6 Å². The lowest BCUT2D eigenvalue weighted by molar-refractivity contribution is 0.332. The van der Waals surface area contributed by atoms with Gasteiger partial charge in [-0.2, -0.15) is 0 Å². The summed E-state index contributed by atoms with van der Waals surface area (Å²) in [5, 5.41) is 7.04. The molecular formula is C22H31ClN2S. The fourth-order valence-electron chi connectivity index (χ4n) is 4.42. The van der Waals surface area contributed by atoms with E-state index in [4.69, 9.17) is 4.98 Å². The normalized spacial score (nSPS) is 21.7. The molecule has 0 unspecified atom stereocenters. The second-order valence-corrected chi connectivity index (χ2v) is 10.0. The summed E-state index contributed by atoms with van der Waals surface area (Å²) in [7, 11) is 0. The monoisotopic (exact) mass is 390 g/mol. The molecule has 26 heavy (non-hydrogen) atoms. The van der Waals surface area contributed by atoms with Crippen LogP contribution in [0, 0.1) is 0 Å². The van der Waals surface area contributed by atoms with Crippen LogP contribution >= 0.6 is 23.7 Å². The van der Waals surface area contributed by atoms with Crippen LogP contribution < -0.4 is 5.32 Å². The third-order valence-corrected chi connectivity index (χ3v) is 7.37. The fourth-order valence-corrected chi connectivity index (χ4v) is 5.42. The number of nitrogens with one attached hydrogen (secondary N) is 1. The van der Waals surface area contributed by atoms with E-state index in [1.165, 1.54) is 53.1 Å². The van der Waals surface area contributed by atoms with E-state index in [1.54, 1.807) is 0 Å². The van der Waals surface area contributed by atoms with E-state index in [-0.39, 0.29) is 23.2 Å². The first-order valence-electron chi connectivity index (χ1n) is 9.68. The molecule has 142 valence electrons. The van der Waals surface area contributed by atoms with Gasteiger partial charge in [0.15, 0.2) is 0 Å². The van der Waals surface area contributed by atoms with E-state index < -0.39 is 0 Å². The van der Waals surface area contributed by atoms with Crippen LogP contribution in [-0.4, -0.2) is 18.1 Å². The number of rotatable bonds is 2. The number of hydrogen-bond donors (Lipinski definition) is 1. The Morgan fingerprint density at radius 3 is 2.35 bits per heavy atom. The zero-order valence-corrected chi connectivity index (χ0v) is 18.0. The number of aromatic nitrogens is 1.